The van der Waals surface area contributed by atoms with E-state index in [1.54, 1.807) is 0 Å². The predicted octanol–water partition coefficient (Wildman–Crippen LogP) is 5.12. The van der Waals surface area contributed by atoms with Gasteiger partial charge in [0.1, 0.15) is 16.7 Å². The predicted molar refractivity (Wildman–Crippen MR) is 80.1 cm³/mol. The van der Waals surface area contributed by atoms with Crippen molar-refractivity contribution in [2.24, 2.45) is 0 Å². The maximum atomic E-state index is 6.13. The van der Waals surface area contributed by atoms with Gasteiger partial charge < -0.3 is 4.74 Å². The topological polar surface area (TPSA) is 35.0 Å². The highest BCUT2D eigenvalue weighted by Gasteiger charge is 2.14. The first kappa shape index (κ1) is 14.3. The minimum absolute atomic E-state index is 0.194. The number of benzene rings is 1. The first-order valence-electron chi connectivity index (χ1n) is 5.95. The Balaban J connectivity index is 2.42. The molecule has 2 rings (SSSR count). The lowest BCUT2D eigenvalue weighted by atomic mass is 10.2. The summed E-state index contributed by atoms with van der Waals surface area (Å²) in [6.45, 7) is 5.88. The lowest BCUT2D eigenvalue weighted by molar-refractivity contribution is 0.450. The maximum Gasteiger partial charge on any atom is 0.227 e. The van der Waals surface area contributed by atoms with Crippen LogP contribution < -0.4 is 4.74 Å². The lowest BCUT2D eigenvalue weighted by Crippen LogP contribution is -2.02. The van der Waals surface area contributed by atoms with E-state index < -0.39 is 0 Å². The van der Waals surface area contributed by atoms with Crippen molar-refractivity contribution in [3.8, 4) is 11.6 Å². The monoisotopic (exact) mass is 340 g/mol. The number of rotatable bonds is 3. The summed E-state index contributed by atoms with van der Waals surface area (Å²) in [5.74, 6) is 2.07. The zero-order chi connectivity index (χ0) is 14.0. The van der Waals surface area contributed by atoms with Crippen LogP contribution in [0.25, 0.3) is 0 Å². The van der Waals surface area contributed by atoms with Crippen molar-refractivity contribution in [3.63, 3.8) is 0 Å². The van der Waals surface area contributed by atoms with Gasteiger partial charge in [-0.1, -0.05) is 37.6 Å². The van der Waals surface area contributed by atoms with E-state index in [0.29, 0.717) is 22.6 Å². The highest BCUT2D eigenvalue weighted by atomic mass is 79.9. The van der Waals surface area contributed by atoms with Crippen molar-refractivity contribution in [2.45, 2.75) is 26.7 Å². The molecule has 0 saturated carbocycles. The number of ether oxygens (including phenoxy) is 1. The highest BCUT2D eigenvalue weighted by molar-refractivity contribution is 9.10. The Morgan fingerprint density at radius 1 is 1.21 bits per heavy atom. The van der Waals surface area contributed by atoms with Gasteiger partial charge in [-0.25, -0.2) is 4.98 Å². The average molecular weight is 342 g/mol. The summed E-state index contributed by atoms with van der Waals surface area (Å²) >= 11 is 9.57. The Labute approximate surface area is 126 Å². The van der Waals surface area contributed by atoms with Crippen molar-refractivity contribution in [2.75, 3.05) is 0 Å². The summed E-state index contributed by atoms with van der Waals surface area (Å²) in [6, 6.07) is 7.61. The fourth-order valence-electron chi connectivity index (χ4n) is 1.47. The van der Waals surface area contributed by atoms with Crippen LogP contribution in [0.3, 0.4) is 0 Å². The highest BCUT2D eigenvalue weighted by Crippen LogP contribution is 2.32. The largest absolute Gasteiger partial charge is 0.437 e. The SMILES string of the molecule is Cc1c(Cl)nc(C(C)C)nc1Oc1ccccc1Br. The number of hydrogen-bond donors (Lipinski definition) is 0. The molecule has 0 unspecified atom stereocenters. The number of aromatic nitrogens is 2. The van der Waals surface area contributed by atoms with Gasteiger partial charge in [0.2, 0.25) is 5.88 Å². The Morgan fingerprint density at radius 3 is 2.53 bits per heavy atom. The second-order valence-electron chi connectivity index (χ2n) is 4.49. The van der Waals surface area contributed by atoms with Crippen LogP contribution in [0.2, 0.25) is 5.15 Å². The molecule has 0 spiro atoms. The van der Waals surface area contributed by atoms with E-state index in [-0.39, 0.29) is 5.92 Å². The third-order valence-electron chi connectivity index (χ3n) is 2.62. The summed E-state index contributed by atoms with van der Waals surface area (Å²) in [5, 5.41) is 0.431. The lowest BCUT2D eigenvalue weighted by Gasteiger charge is -2.12. The smallest absolute Gasteiger partial charge is 0.227 e. The molecule has 3 nitrogen and oxygen atoms in total. The van der Waals surface area contributed by atoms with Crippen LogP contribution in [-0.2, 0) is 0 Å². The molecule has 5 heteroatoms. The molecule has 0 atom stereocenters. The van der Waals surface area contributed by atoms with Gasteiger partial charge in [-0.3, -0.25) is 0 Å². The molecule has 0 radical (unpaired) electrons. The van der Waals surface area contributed by atoms with Gasteiger partial charge >= 0.3 is 0 Å². The van der Waals surface area contributed by atoms with Crippen LogP contribution in [0, 0.1) is 6.92 Å². The van der Waals surface area contributed by atoms with Gasteiger partial charge in [0, 0.05) is 11.5 Å². The molecule has 1 aromatic heterocycles. The van der Waals surface area contributed by atoms with Gasteiger partial charge in [-0.05, 0) is 35.0 Å². The molecule has 100 valence electrons. The maximum absolute atomic E-state index is 6.13. The molecule has 0 aliphatic carbocycles. The fraction of sp³-hybridized carbons (Fsp3) is 0.286. The summed E-state index contributed by atoms with van der Waals surface area (Å²) in [4.78, 5) is 8.69. The van der Waals surface area contributed by atoms with Crippen LogP contribution >= 0.6 is 27.5 Å². The van der Waals surface area contributed by atoms with Gasteiger partial charge in [-0.2, -0.15) is 4.98 Å². The first-order valence-corrected chi connectivity index (χ1v) is 7.12. The normalized spacial score (nSPS) is 10.8. The van der Waals surface area contributed by atoms with Crippen LogP contribution in [0.1, 0.15) is 31.2 Å². The molecule has 0 aliphatic rings. The van der Waals surface area contributed by atoms with Crippen LogP contribution in [-0.4, -0.2) is 9.97 Å². The summed E-state index contributed by atoms with van der Waals surface area (Å²) in [7, 11) is 0. The molecular weight excluding hydrogens is 328 g/mol. The van der Waals surface area contributed by atoms with Gasteiger partial charge in [0.25, 0.3) is 0 Å². The molecule has 1 aromatic carbocycles. The van der Waals surface area contributed by atoms with Crippen molar-refractivity contribution >= 4 is 27.5 Å². The third kappa shape index (κ3) is 3.25. The van der Waals surface area contributed by atoms with Gasteiger partial charge in [-0.15, -0.1) is 0 Å². The standard InChI is InChI=1S/C14H14BrClN2O/c1-8(2)13-17-12(16)9(3)14(18-13)19-11-7-5-4-6-10(11)15/h4-8H,1-3H3. The summed E-state index contributed by atoms with van der Waals surface area (Å²) in [5.41, 5.74) is 0.738. The van der Waals surface area contributed by atoms with Gasteiger partial charge in [0.05, 0.1) is 4.47 Å². The molecule has 0 fully saturated rings. The Hall–Kier alpha value is -1.13. The van der Waals surface area contributed by atoms with E-state index in [2.05, 4.69) is 25.9 Å². The molecular formula is C14H14BrClN2O. The van der Waals surface area contributed by atoms with Crippen LogP contribution in [0.15, 0.2) is 28.7 Å². The summed E-state index contributed by atoms with van der Waals surface area (Å²) < 4.78 is 6.70. The molecule has 0 N–H and O–H groups in total. The average Bonchev–Trinajstić information content (AvgIpc) is 2.37. The van der Waals surface area contributed by atoms with E-state index >= 15 is 0 Å². The molecule has 0 saturated heterocycles. The van der Waals surface area contributed by atoms with E-state index in [1.807, 2.05) is 45.0 Å². The molecule has 0 bridgehead atoms. The number of hydrogen-bond acceptors (Lipinski definition) is 3. The minimum Gasteiger partial charge on any atom is -0.437 e. The van der Waals surface area contributed by atoms with Crippen molar-refractivity contribution < 1.29 is 4.74 Å². The molecule has 19 heavy (non-hydrogen) atoms. The fourth-order valence-corrected chi connectivity index (χ4v) is 2.01. The van der Waals surface area contributed by atoms with Crippen molar-refractivity contribution in [1.29, 1.82) is 0 Å². The first-order chi connectivity index (χ1) is 8.99. The molecule has 0 aliphatic heterocycles. The molecule has 2 aromatic rings. The number of nitrogens with zero attached hydrogens (tertiary/aromatic N) is 2. The zero-order valence-corrected chi connectivity index (χ0v) is 13.3. The van der Waals surface area contributed by atoms with E-state index in [0.717, 1.165) is 10.0 Å². The van der Waals surface area contributed by atoms with Crippen LogP contribution in [0.5, 0.6) is 11.6 Å². The minimum atomic E-state index is 0.194. The quantitative estimate of drug-likeness (QED) is 0.727. The second-order valence-corrected chi connectivity index (χ2v) is 5.70. The molecule has 1 heterocycles. The van der Waals surface area contributed by atoms with Crippen LogP contribution in [0.4, 0.5) is 0 Å². The van der Waals surface area contributed by atoms with E-state index in [9.17, 15) is 0 Å². The second kappa shape index (κ2) is 5.88. The van der Waals surface area contributed by atoms with E-state index in [4.69, 9.17) is 16.3 Å². The van der Waals surface area contributed by atoms with Crippen molar-refractivity contribution in [1.82, 2.24) is 9.97 Å². The van der Waals surface area contributed by atoms with E-state index in [1.165, 1.54) is 0 Å². The van der Waals surface area contributed by atoms with Crippen molar-refractivity contribution in [3.05, 3.63) is 45.3 Å². The zero-order valence-electron chi connectivity index (χ0n) is 10.9. The third-order valence-corrected chi connectivity index (χ3v) is 3.64. The number of para-hydroxylation sites is 1. The van der Waals surface area contributed by atoms with Gasteiger partial charge in [0.15, 0.2) is 0 Å². The Bertz CT molecular complexity index is 602. The number of halogens is 2. The summed E-state index contributed by atoms with van der Waals surface area (Å²) in [6.07, 6.45) is 0. The molecule has 0 amide bonds. The Kier molecular flexibility index (Phi) is 4.42. The Morgan fingerprint density at radius 2 is 1.89 bits per heavy atom.